The lowest BCUT2D eigenvalue weighted by Gasteiger charge is -2.15. The fraction of sp³-hybridized carbons (Fsp3) is 0.136. The Kier molecular flexibility index (Phi) is 6.81. The summed E-state index contributed by atoms with van der Waals surface area (Å²) in [7, 11) is 3.05. The highest BCUT2D eigenvalue weighted by molar-refractivity contribution is 6.32. The van der Waals surface area contributed by atoms with E-state index in [0.29, 0.717) is 39.4 Å². The molecule has 0 aliphatic carbocycles. The SMILES string of the molecule is COc1cc(NCC(=O)Nc2ccccc2Oc2ccccc2)c(OC)cc1Cl. The number of ether oxygens (including phenoxy) is 3. The van der Waals surface area contributed by atoms with E-state index in [1.54, 1.807) is 24.3 Å². The number of anilines is 2. The molecule has 3 aromatic rings. The zero-order valence-corrected chi connectivity index (χ0v) is 16.8. The van der Waals surface area contributed by atoms with Crippen LogP contribution in [0.2, 0.25) is 5.02 Å². The normalized spacial score (nSPS) is 10.2. The van der Waals surface area contributed by atoms with Gasteiger partial charge in [-0.25, -0.2) is 0 Å². The van der Waals surface area contributed by atoms with Crippen LogP contribution in [0.25, 0.3) is 0 Å². The van der Waals surface area contributed by atoms with Crippen LogP contribution in [-0.2, 0) is 4.79 Å². The summed E-state index contributed by atoms with van der Waals surface area (Å²) in [6.45, 7) is 0.0147. The van der Waals surface area contributed by atoms with E-state index in [4.69, 9.17) is 25.8 Å². The summed E-state index contributed by atoms with van der Waals surface area (Å²) in [4.78, 5) is 12.5. The molecule has 0 bridgehead atoms. The van der Waals surface area contributed by atoms with Crippen molar-refractivity contribution in [3.63, 3.8) is 0 Å². The van der Waals surface area contributed by atoms with Crippen molar-refractivity contribution >= 4 is 28.9 Å². The molecule has 7 heteroatoms. The lowest BCUT2D eigenvalue weighted by atomic mass is 10.2. The molecule has 6 nitrogen and oxygen atoms in total. The van der Waals surface area contributed by atoms with Gasteiger partial charge in [-0.1, -0.05) is 41.9 Å². The summed E-state index contributed by atoms with van der Waals surface area (Å²) in [6, 6.07) is 19.9. The highest BCUT2D eigenvalue weighted by Gasteiger charge is 2.12. The van der Waals surface area contributed by atoms with Gasteiger partial charge in [-0.3, -0.25) is 4.79 Å². The van der Waals surface area contributed by atoms with Gasteiger partial charge in [-0.05, 0) is 24.3 Å². The van der Waals surface area contributed by atoms with Crippen molar-refractivity contribution in [2.24, 2.45) is 0 Å². The molecular weight excluding hydrogens is 392 g/mol. The van der Waals surface area contributed by atoms with Crippen LogP contribution < -0.4 is 24.8 Å². The van der Waals surface area contributed by atoms with Gasteiger partial charge in [-0.15, -0.1) is 0 Å². The summed E-state index contributed by atoms with van der Waals surface area (Å²) in [6.07, 6.45) is 0. The van der Waals surface area contributed by atoms with Crippen LogP contribution in [0.3, 0.4) is 0 Å². The third kappa shape index (κ3) is 5.33. The van der Waals surface area contributed by atoms with E-state index < -0.39 is 0 Å². The van der Waals surface area contributed by atoms with Gasteiger partial charge >= 0.3 is 0 Å². The molecule has 0 atom stereocenters. The van der Waals surface area contributed by atoms with Gasteiger partial charge in [0.05, 0.1) is 37.2 Å². The molecule has 0 aliphatic heterocycles. The van der Waals surface area contributed by atoms with Gasteiger partial charge < -0.3 is 24.8 Å². The second kappa shape index (κ2) is 9.71. The minimum Gasteiger partial charge on any atom is -0.495 e. The predicted octanol–water partition coefficient (Wildman–Crippen LogP) is 5.20. The molecule has 0 aromatic heterocycles. The molecule has 150 valence electrons. The van der Waals surface area contributed by atoms with E-state index in [2.05, 4.69) is 10.6 Å². The number of para-hydroxylation sites is 3. The maximum Gasteiger partial charge on any atom is 0.243 e. The molecule has 0 unspecified atom stereocenters. The van der Waals surface area contributed by atoms with Crippen LogP contribution in [0.15, 0.2) is 66.7 Å². The molecule has 2 N–H and O–H groups in total. The van der Waals surface area contributed by atoms with E-state index in [0.717, 1.165) is 0 Å². The first-order valence-electron chi connectivity index (χ1n) is 8.88. The summed E-state index contributed by atoms with van der Waals surface area (Å²) in [5.74, 6) is 1.99. The van der Waals surface area contributed by atoms with Crippen LogP contribution in [0, 0.1) is 0 Å². The van der Waals surface area contributed by atoms with E-state index in [1.807, 2.05) is 42.5 Å². The molecule has 1 amide bonds. The number of benzene rings is 3. The highest BCUT2D eigenvalue weighted by atomic mass is 35.5. The number of rotatable bonds is 8. The number of nitrogens with one attached hydrogen (secondary N) is 2. The fourth-order valence-electron chi connectivity index (χ4n) is 2.64. The number of amides is 1. The van der Waals surface area contributed by atoms with E-state index in [-0.39, 0.29) is 12.5 Å². The zero-order valence-electron chi connectivity index (χ0n) is 16.1. The van der Waals surface area contributed by atoms with Crippen LogP contribution in [0.4, 0.5) is 11.4 Å². The summed E-state index contributed by atoms with van der Waals surface area (Å²) in [5.41, 5.74) is 1.17. The first kappa shape index (κ1) is 20.4. The second-order valence-corrected chi connectivity index (χ2v) is 6.41. The molecule has 0 saturated heterocycles. The van der Waals surface area contributed by atoms with E-state index in [9.17, 15) is 4.79 Å². The number of methoxy groups -OCH3 is 2. The highest BCUT2D eigenvalue weighted by Crippen LogP contribution is 2.36. The molecule has 3 rings (SSSR count). The van der Waals surface area contributed by atoms with Crippen molar-refractivity contribution < 1.29 is 19.0 Å². The van der Waals surface area contributed by atoms with Crippen molar-refractivity contribution in [2.75, 3.05) is 31.4 Å². The van der Waals surface area contributed by atoms with Gasteiger partial charge in [-0.2, -0.15) is 0 Å². The minimum atomic E-state index is -0.245. The maximum atomic E-state index is 12.5. The first-order valence-corrected chi connectivity index (χ1v) is 9.25. The average Bonchev–Trinajstić information content (AvgIpc) is 2.74. The Bertz CT molecular complexity index is 980. The molecule has 0 radical (unpaired) electrons. The Morgan fingerprint density at radius 2 is 1.55 bits per heavy atom. The summed E-state index contributed by atoms with van der Waals surface area (Å²) >= 11 is 6.11. The smallest absolute Gasteiger partial charge is 0.243 e. The van der Waals surface area contributed by atoms with Crippen molar-refractivity contribution in [1.82, 2.24) is 0 Å². The average molecular weight is 413 g/mol. The summed E-state index contributed by atoms with van der Waals surface area (Å²) in [5, 5.41) is 6.32. The lowest BCUT2D eigenvalue weighted by molar-refractivity contribution is -0.114. The first-order chi connectivity index (χ1) is 14.1. The van der Waals surface area contributed by atoms with Crippen molar-refractivity contribution in [1.29, 1.82) is 0 Å². The molecule has 0 spiro atoms. The van der Waals surface area contributed by atoms with E-state index in [1.165, 1.54) is 14.2 Å². The van der Waals surface area contributed by atoms with Gasteiger partial charge in [0, 0.05) is 12.1 Å². The molecule has 29 heavy (non-hydrogen) atoms. The van der Waals surface area contributed by atoms with E-state index >= 15 is 0 Å². The van der Waals surface area contributed by atoms with Crippen LogP contribution in [0.5, 0.6) is 23.0 Å². The molecule has 0 saturated carbocycles. The second-order valence-electron chi connectivity index (χ2n) is 6.00. The van der Waals surface area contributed by atoms with Gasteiger partial charge in [0.2, 0.25) is 5.91 Å². The number of hydrogen-bond acceptors (Lipinski definition) is 5. The summed E-state index contributed by atoms with van der Waals surface area (Å²) < 4.78 is 16.4. The molecule has 0 fully saturated rings. The van der Waals surface area contributed by atoms with Gasteiger partial charge in [0.15, 0.2) is 5.75 Å². The Labute approximate surface area is 174 Å². The van der Waals surface area contributed by atoms with Crippen molar-refractivity contribution in [3.8, 4) is 23.0 Å². The fourth-order valence-corrected chi connectivity index (χ4v) is 2.87. The van der Waals surface area contributed by atoms with Gasteiger partial charge in [0.25, 0.3) is 0 Å². The Balaban J connectivity index is 1.68. The Hall–Kier alpha value is -3.38. The largest absolute Gasteiger partial charge is 0.495 e. The number of carbonyl (C=O) groups is 1. The Morgan fingerprint density at radius 1 is 0.862 bits per heavy atom. The van der Waals surface area contributed by atoms with Crippen molar-refractivity contribution in [3.05, 3.63) is 71.8 Å². The third-order valence-corrected chi connectivity index (χ3v) is 4.34. The number of halogens is 1. The minimum absolute atomic E-state index is 0.0147. The standard InChI is InChI=1S/C22H21ClN2O4/c1-27-20-13-18(21(28-2)12-16(20)23)24-14-22(26)25-17-10-6-7-11-19(17)29-15-8-4-3-5-9-15/h3-13,24H,14H2,1-2H3,(H,25,26). The topological polar surface area (TPSA) is 68.8 Å². The molecular formula is C22H21ClN2O4. The molecule has 3 aromatic carbocycles. The zero-order chi connectivity index (χ0) is 20.6. The predicted molar refractivity (Wildman–Crippen MR) is 115 cm³/mol. The number of hydrogen-bond donors (Lipinski definition) is 2. The van der Waals surface area contributed by atoms with Crippen LogP contribution in [-0.4, -0.2) is 26.7 Å². The lowest BCUT2D eigenvalue weighted by Crippen LogP contribution is -2.22. The Morgan fingerprint density at radius 3 is 2.28 bits per heavy atom. The quantitative estimate of drug-likeness (QED) is 0.532. The van der Waals surface area contributed by atoms with Crippen molar-refractivity contribution in [2.45, 2.75) is 0 Å². The monoisotopic (exact) mass is 412 g/mol. The maximum absolute atomic E-state index is 12.5. The van der Waals surface area contributed by atoms with Crippen LogP contribution in [0.1, 0.15) is 0 Å². The number of carbonyl (C=O) groups excluding carboxylic acids is 1. The van der Waals surface area contributed by atoms with Crippen LogP contribution >= 0.6 is 11.6 Å². The third-order valence-electron chi connectivity index (χ3n) is 4.05. The molecule has 0 heterocycles. The molecule has 0 aliphatic rings. The van der Waals surface area contributed by atoms with Gasteiger partial charge in [0.1, 0.15) is 17.2 Å².